The lowest BCUT2D eigenvalue weighted by molar-refractivity contribution is 0.630. The van der Waals surface area contributed by atoms with Crippen LogP contribution >= 0.6 is 0 Å². The summed E-state index contributed by atoms with van der Waals surface area (Å²) in [5.41, 5.74) is 2.12. The van der Waals surface area contributed by atoms with Gasteiger partial charge in [-0.25, -0.2) is 9.37 Å². The van der Waals surface area contributed by atoms with Gasteiger partial charge in [-0.2, -0.15) is 4.98 Å². The van der Waals surface area contributed by atoms with Crippen LogP contribution in [0, 0.1) is 19.7 Å². The third-order valence-corrected chi connectivity index (χ3v) is 2.86. The van der Waals surface area contributed by atoms with Crippen molar-refractivity contribution in [1.82, 2.24) is 9.97 Å². The van der Waals surface area contributed by atoms with E-state index >= 15 is 0 Å². The number of anilines is 3. The van der Waals surface area contributed by atoms with Gasteiger partial charge in [0.1, 0.15) is 11.6 Å². The van der Waals surface area contributed by atoms with Crippen molar-refractivity contribution in [3.8, 4) is 0 Å². The van der Waals surface area contributed by atoms with Gasteiger partial charge in [-0.3, -0.25) is 0 Å². The molecule has 0 saturated carbocycles. The Morgan fingerprint density at radius 2 is 2.00 bits per heavy atom. The van der Waals surface area contributed by atoms with E-state index in [2.05, 4.69) is 27.5 Å². The van der Waals surface area contributed by atoms with Crippen LogP contribution in [0.3, 0.4) is 0 Å². The van der Waals surface area contributed by atoms with E-state index in [4.69, 9.17) is 0 Å². The maximum atomic E-state index is 13.8. The molecule has 2 rings (SSSR count). The second-order valence-corrected chi connectivity index (χ2v) is 4.70. The van der Waals surface area contributed by atoms with Gasteiger partial charge in [0.25, 0.3) is 0 Å². The van der Waals surface area contributed by atoms with Gasteiger partial charge in [0.2, 0.25) is 5.95 Å². The average molecular weight is 274 g/mol. The SMILES string of the molecule is CCCNc1nc(C)cc(Nc2c(C)cccc2F)n1. The molecule has 20 heavy (non-hydrogen) atoms. The Kier molecular flexibility index (Phi) is 4.50. The average Bonchev–Trinajstić information content (AvgIpc) is 2.40. The van der Waals surface area contributed by atoms with Crippen molar-refractivity contribution < 1.29 is 4.39 Å². The fourth-order valence-electron chi connectivity index (χ4n) is 1.87. The molecule has 1 aromatic heterocycles. The van der Waals surface area contributed by atoms with Crippen LogP contribution < -0.4 is 10.6 Å². The summed E-state index contributed by atoms with van der Waals surface area (Å²) in [6.07, 6.45) is 0.993. The molecule has 0 spiro atoms. The van der Waals surface area contributed by atoms with Crippen LogP contribution in [-0.4, -0.2) is 16.5 Å². The summed E-state index contributed by atoms with van der Waals surface area (Å²) in [5, 5.41) is 6.17. The molecule has 0 fully saturated rings. The zero-order valence-electron chi connectivity index (χ0n) is 12.0. The standard InChI is InChI=1S/C15H19FN4/c1-4-8-17-15-18-11(3)9-13(20-15)19-14-10(2)6-5-7-12(14)16/h5-7,9H,4,8H2,1-3H3,(H2,17,18,19,20). The first-order chi connectivity index (χ1) is 9.60. The number of hydrogen-bond acceptors (Lipinski definition) is 4. The minimum absolute atomic E-state index is 0.288. The molecule has 0 bridgehead atoms. The summed E-state index contributed by atoms with van der Waals surface area (Å²) in [6, 6.07) is 6.77. The Morgan fingerprint density at radius 1 is 1.20 bits per heavy atom. The number of hydrogen-bond donors (Lipinski definition) is 2. The highest BCUT2D eigenvalue weighted by molar-refractivity contribution is 5.62. The lowest BCUT2D eigenvalue weighted by Gasteiger charge is -2.12. The second kappa shape index (κ2) is 6.32. The van der Waals surface area contributed by atoms with Crippen molar-refractivity contribution in [3.63, 3.8) is 0 Å². The molecule has 0 radical (unpaired) electrons. The van der Waals surface area contributed by atoms with Gasteiger partial charge in [0, 0.05) is 18.3 Å². The summed E-state index contributed by atoms with van der Waals surface area (Å²) in [7, 11) is 0. The molecule has 0 aliphatic rings. The molecule has 0 aliphatic heterocycles. The maximum Gasteiger partial charge on any atom is 0.224 e. The maximum absolute atomic E-state index is 13.8. The summed E-state index contributed by atoms with van der Waals surface area (Å²) in [4.78, 5) is 8.65. The lowest BCUT2D eigenvalue weighted by atomic mass is 10.2. The molecule has 0 amide bonds. The molecule has 106 valence electrons. The zero-order valence-corrected chi connectivity index (χ0v) is 12.0. The lowest BCUT2D eigenvalue weighted by Crippen LogP contribution is -2.07. The van der Waals surface area contributed by atoms with Crippen LogP contribution in [0.2, 0.25) is 0 Å². The highest BCUT2D eigenvalue weighted by Crippen LogP contribution is 2.23. The van der Waals surface area contributed by atoms with Gasteiger partial charge in [0.15, 0.2) is 0 Å². The van der Waals surface area contributed by atoms with E-state index in [1.54, 1.807) is 12.1 Å². The molecular weight excluding hydrogens is 255 g/mol. The van der Waals surface area contributed by atoms with Crippen molar-refractivity contribution in [1.29, 1.82) is 0 Å². The van der Waals surface area contributed by atoms with Crippen LogP contribution in [0.4, 0.5) is 21.8 Å². The molecule has 0 atom stereocenters. The third kappa shape index (κ3) is 3.44. The Balaban J connectivity index is 2.27. The molecule has 2 N–H and O–H groups in total. The largest absolute Gasteiger partial charge is 0.354 e. The van der Waals surface area contributed by atoms with E-state index in [1.807, 2.05) is 19.9 Å². The Hall–Kier alpha value is -2.17. The zero-order chi connectivity index (χ0) is 14.5. The van der Waals surface area contributed by atoms with Crippen molar-refractivity contribution in [2.24, 2.45) is 0 Å². The van der Waals surface area contributed by atoms with E-state index in [0.29, 0.717) is 17.5 Å². The van der Waals surface area contributed by atoms with Crippen LogP contribution in [0.5, 0.6) is 0 Å². The second-order valence-electron chi connectivity index (χ2n) is 4.70. The number of aryl methyl sites for hydroxylation is 2. The molecule has 0 aliphatic carbocycles. The molecular formula is C15H19FN4. The van der Waals surface area contributed by atoms with Crippen molar-refractivity contribution in [2.45, 2.75) is 27.2 Å². The van der Waals surface area contributed by atoms with E-state index < -0.39 is 0 Å². The first-order valence-electron chi connectivity index (χ1n) is 6.72. The summed E-state index contributed by atoms with van der Waals surface area (Å²) < 4.78 is 13.8. The van der Waals surface area contributed by atoms with Crippen LogP contribution in [-0.2, 0) is 0 Å². The van der Waals surface area contributed by atoms with Gasteiger partial charge in [-0.1, -0.05) is 19.1 Å². The van der Waals surface area contributed by atoms with Crippen LogP contribution in [0.15, 0.2) is 24.3 Å². The van der Waals surface area contributed by atoms with E-state index in [9.17, 15) is 4.39 Å². The number of rotatable bonds is 5. The first-order valence-corrected chi connectivity index (χ1v) is 6.72. The summed E-state index contributed by atoms with van der Waals surface area (Å²) >= 11 is 0. The number of aromatic nitrogens is 2. The topological polar surface area (TPSA) is 49.8 Å². The number of halogens is 1. The van der Waals surface area contributed by atoms with Crippen molar-refractivity contribution >= 4 is 17.5 Å². The Labute approximate surface area is 118 Å². The van der Waals surface area contributed by atoms with Gasteiger partial charge >= 0.3 is 0 Å². The fourth-order valence-corrected chi connectivity index (χ4v) is 1.87. The van der Waals surface area contributed by atoms with Gasteiger partial charge in [-0.05, 0) is 31.9 Å². The normalized spacial score (nSPS) is 10.4. The molecule has 0 unspecified atom stereocenters. The quantitative estimate of drug-likeness (QED) is 0.870. The summed E-state index contributed by atoms with van der Waals surface area (Å²) in [5.74, 6) is 0.858. The highest BCUT2D eigenvalue weighted by Gasteiger charge is 2.08. The first kappa shape index (κ1) is 14.2. The minimum Gasteiger partial charge on any atom is -0.354 e. The molecule has 1 aromatic carbocycles. The monoisotopic (exact) mass is 274 g/mol. The highest BCUT2D eigenvalue weighted by atomic mass is 19.1. The number of nitrogens with one attached hydrogen (secondary N) is 2. The molecule has 0 saturated heterocycles. The third-order valence-electron chi connectivity index (χ3n) is 2.86. The molecule has 1 heterocycles. The summed E-state index contributed by atoms with van der Waals surface area (Å²) in [6.45, 7) is 6.63. The molecule has 5 heteroatoms. The van der Waals surface area contributed by atoms with Gasteiger partial charge < -0.3 is 10.6 Å². The van der Waals surface area contributed by atoms with Crippen molar-refractivity contribution in [2.75, 3.05) is 17.2 Å². The van der Waals surface area contributed by atoms with Gasteiger partial charge in [0.05, 0.1) is 5.69 Å². The van der Waals surface area contributed by atoms with E-state index in [1.165, 1.54) is 6.07 Å². The smallest absolute Gasteiger partial charge is 0.224 e. The number of para-hydroxylation sites is 1. The number of nitrogens with zero attached hydrogens (tertiary/aromatic N) is 2. The van der Waals surface area contributed by atoms with Crippen molar-refractivity contribution in [3.05, 3.63) is 41.3 Å². The van der Waals surface area contributed by atoms with Gasteiger partial charge in [-0.15, -0.1) is 0 Å². The Bertz CT molecular complexity index is 578. The fraction of sp³-hybridized carbons (Fsp3) is 0.333. The van der Waals surface area contributed by atoms with Crippen LogP contribution in [0.25, 0.3) is 0 Å². The predicted molar refractivity (Wildman–Crippen MR) is 80.0 cm³/mol. The van der Waals surface area contributed by atoms with E-state index in [-0.39, 0.29) is 5.82 Å². The molecule has 2 aromatic rings. The molecule has 4 nitrogen and oxygen atoms in total. The Morgan fingerprint density at radius 3 is 2.70 bits per heavy atom. The van der Waals surface area contributed by atoms with Crippen LogP contribution in [0.1, 0.15) is 24.6 Å². The minimum atomic E-state index is -0.288. The number of benzene rings is 1. The van der Waals surface area contributed by atoms with E-state index in [0.717, 1.165) is 24.2 Å². The predicted octanol–water partition coefficient (Wildman–Crippen LogP) is 3.80.